The number of benzene rings is 7. The molecule has 3 heteroatoms. The summed E-state index contributed by atoms with van der Waals surface area (Å²) in [5.74, 6) is 0. The van der Waals surface area contributed by atoms with Gasteiger partial charge in [-0.1, -0.05) is 97.1 Å². The summed E-state index contributed by atoms with van der Waals surface area (Å²) in [5.41, 5.74) is 11.2. The molecule has 45 heavy (non-hydrogen) atoms. The summed E-state index contributed by atoms with van der Waals surface area (Å²) in [6.07, 6.45) is 0. The molecular formula is C42H26N2O. The van der Waals surface area contributed by atoms with E-state index >= 15 is 0 Å². The molecule has 210 valence electrons. The van der Waals surface area contributed by atoms with Crippen molar-refractivity contribution in [2.45, 2.75) is 0 Å². The highest BCUT2D eigenvalue weighted by molar-refractivity contribution is 6.18. The lowest BCUT2D eigenvalue weighted by Crippen LogP contribution is -1.93. The van der Waals surface area contributed by atoms with Gasteiger partial charge in [-0.15, -0.1) is 0 Å². The number of aromatic nitrogens is 2. The third-order valence-corrected chi connectivity index (χ3v) is 9.32. The SMILES string of the molecule is c1ccc(-c2ccc(-n3c4ccccc4c4cc5c(cc43)oc3ccc(-n4c6ccccc6c6ccccc64)cc35)cc2)cc1. The second-order valence-corrected chi connectivity index (χ2v) is 11.8. The Balaban J connectivity index is 1.20. The molecular weight excluding hydrogens is 548 g/mol. The molecule has 0 atom stereocenters. The number of fused-ring (bicyclic) bond motifs is 9. The summed E-state index contributed by atoms with van der Waals surface area (Å²) in [4.78, 5) is 0. The standard InChI is InChI=1S/C42H26N2O/c1-2-10-27(11-3-1)28-18-20-29(21-19-28)43-39-17-9-6-14-33(39)34-25-36-35-24-30(22-23-41(35)45-42(36)26-40(34)43)44-37-15-7-4-12-31(37)32-13-5-8-16-38(32)44/h1-26H. The minimum Gasteiger partial charge on any atom is -0.456 e. The van der Waals surface area contributed by atoms with Crippen LogP contribution >= 0.6 is 0 Å². The van der Waals surface area contributed by atoms with E-state index in [1.165, 1.54) is 49.2 Å². The van der Waals surface area contributed by atoms with Crippen LogP contribution in [-0.4, -0.2) is 9.13 Å². The predicted octanol–water partition coefficient (Wildman–Crippen LogP) is 11.4. The maximum atomic E-state index is 6.55. The minimum atomic E-state index is 0.891. The lowest BCUT2D eigenvalue weighted by molar-refractivity contribution is 0.669. The van der Waals surface area contributed by atoms with E-state index < -0.39 is 0 Å². The van der Waals surface area contributed by atoms with Crippen LogP contribution < -0.4 is 0 Å². The maximum absolute atomic E-state index is 6.55. The van der Waals surface area contributed by atoms with E-state index in [2.05, 4.69) is 167 Å². The molecule has 0 unspecified atom stereocenters. The minimum absolute atomic E-state index is 0.891. The van der Waals surface area contributed by atoms with Gasteiger partial charge in [-0.25, -0.2) is 0 Å². The molecule has 3 aromatic heterocycles. The average molecular weight is 575 g/mol. The Morgan fingerprint density at radius 1 is 0.311 bits per heavy atom. The van der Waals surface area contributed by atoms with Gasteiger partial charge in [0.25, 0.3) is 0 Å². The summed E-state index contributed by atoms with van der Waals surface area (Å²) in [6, 6.07) is 56.5. The van der Waals surface area contributed by atoms with E-state index in [1.54, 1.807) is 0 Å². The second-order valence-electron chi connectivity index (χ2n) is 11.8. The number of furan rings is 1. The average Bonchev–Trinajstić information content (AvgIpc) is 3.74. The van der Waals surface area contributed by atoms with Gasteiger partial charge in [-0.3, -0.25) is 0 Å². The fourth-order valence-electron chi connectivity index (χ4n) is 7.28. The van der Waals surface area contributed by atoms with Gasteiger partial charge in [-0.2, -0.15) is 0 Å². The second kappa shape index (κ2) is 9.22. The van der Waals surface area contributed by atoms with Gasteiger partial charge < -0.3 is 13.6 Å². The van der Waals surface area contributed by atoms with E-state index in [-0.39, 0.29) is 0 Å². The van der Waals surface area contributed by atoms with E-state index in [4.69, 9.17) is 4.42 Å². The van der Waals surface area contributed by atoms with E-state index in [9.17, 15) is 0 Å². The van der Waals surface area contributed by atoms with Crippen LogP contribution in [0.3, 0.4) is 0 Å². The highest BCUT2D eigenvalue weighted by atomic mass is 16.3. The normalized spacial score (nSPS) is 12.0. The first-order chi connectivity index (χ1) is 22.3. The first-order valence-electron chi connectivity index (χ1n) is 15.4. The Morgan fingerprint density at radius 3 is 1.49 bits per heavy atom. The molecule has 10 aromatic rings. The zero-order valence-corrected chi connectivity index (χ0v) is 24.3. The molecule has 0 aliphatic rings. The summed E-state index contributed by atoms with van der Waals surface area (Å²) in [6.45, 7) is 0. The largest absolute Gasteiger partial charge is 0.456 e. The van der Waals surface area contributed by atoms with Crippen molar-refractivity contribution in [3.8, 4) is 22.5 Å². The third kappa shape index (κ3) is 3.52. The van der Waals surface area contributed by atoms with Crippen LogP contribution in [0, 0.1) is 0 Å². The fourth-order valence-corrected chi connectivity index (χ4v) is 7.28. The van der Waals surface area contributed by atoms with Crippen molar-refractivity contribution in [3.63, 3.8) is 0 Å². The van der Waals surface area contributed by atoms with Crippen molar-refractivity contribution in [1.82, 2.24) is 9.13 Å². The van der Waals surface area contributed by atoms with Crippen molar-refractivity contribution < 1.29 is 4.42 Å². The van der Waals surface area contributed by atoms with Crippen molar-refractivity contribution in [2.75, 3.05) is 0 Å². The molecule has 3 heterocycles. The maximum Gasteiger partial charge on any atom is 0.137 e. The molecule has 0 N–H and O–H groups in total. The van der Waals surface area contributed by atoms with E-state index in [0.717, 1.165) is 38.8 Å². The molecule has 0 saturated carbocycles. The Bertz CT molecular complexity index is 2690. The molecule has 10 rings (SSSR count). The van der Waals surface area contributed by atoms with Gasteiger partial charge in [0.05, 0.1) is 22.1 Å². The molecule has 0 aliphatic carbocycles. The van der Waals surface area contributed by atoms with Crippen molar-refractivity contribution in [3.05, 3.63) is 158 Å². The predicted molar refractivity (Wildman–Crippen MR) is 188 cm³/mol. The lowest BCUT2D eigenvalue weighted by atomic mass is 10.1. The van der Waals surface area contributed by atoms with E-state index in [1.807, 2.05) is 0 Å². The Morgan fingerprint density at radius 2 is 0.822 bits per heavy atom. The smallest absolute Gasteiger partial charge is 0.137 e. The molecule has 0 amide bonds. The van der Waals surface area contributed by atoms with Gasteiger partial charge in [0.1, 0.15) is 11.2 Å². The van der Waals surface area contributed by atoms with Crippen LogP contribution in [0.2, 0.25) is 0 Å². The van der Waals surface area contributed by atoms with Gasteiger partial charge in [-0.05, 0) is 65.7 Å². The quantitative estimate of drug-likeness (QED) is 0.206. The van der Waals surface area contributed by atoms with Crippen LogP contribution in [0.15, 0.2) is 162 Å². The van der Waals surface area contributed by atoms with Crippen LogP contribution in [0.1, 0.15) is 0 Å². The molecule has 7 aromatic carbocycles. The van der Waals surface area contributed by atoms with Gasteiger partial charge in [0.15, 0.2) is 0 Å². The molecule has 0 saturated heterocycles. The van der Waals surface area contributed by atoms with Crippen LogP contribution in [-0.2, 0) is 0 Å². The summed E-state index contributed by atoms with van der Waals surface area (Å²) >= 11 is 0. The molecule has 0 aliphatic heterocycles. The van der Waals surface area contributed by atoms with E-state index in [0.29, 0.717) is 0 Å². The van der Waals surface area contributed by atoms with Crippen LogP contribution in [0.25, 0.3) is 88.1 Å². The number of rotatable bonds is 3. The lowest BCUT2D eigenvalue weighted by Gasteiger charge is -2.09. The topological polar surface area (TPSA) is 23.0 Å². The highest BCUT2D eigenvalue weighted by Gasteiger charge is 2.18. The summed E-state index contributed by atoms with van der Waals surface area (Å²) < 4.78 is 11.3. The first kappa shape index (κ1) is 24.4. The Hall–Kier alpha value is -6.06. The first-order valence-corrected chi connectivity index (χ1v) is 15.4. The molecule has 0 radical (unpaired) electrons. The number of hydrogen-bond acceptors (Lipinski definition) is 1. The van der Waals surface area contributed by atoms with Crippen molar-refractivity contribution in [2.24, 2.45) is 0 Å². The molecule has 0 fully saturated rings. The molecule has 3 nitrogen and oxygen atoms in total. The van der Waals surface area contributed by atoms with Crippen molar-refractivity contribution >= 4 is 65.6 Å². The summed E-state index contributed by atoms with van der Waals surface area (Å²) in [7, 11) is 0. The highest BCUT2D eigenvalue weighted by Crippen LogP contribution is 2.40. The number of hydrogen-bond donors (Lipinski definition) is 0. The van der Waals surface area contributed by atoms with Gasteiger partial charge in [0.2, 0.25) is 0 Å². The van der Waals surface area contributed by atoms with Crippen LogP contribution in [0.4, 0.5) is 0 Å². The summed E-state index contributed by atoms with van der Waals surface area (Å²) in [5, 5.41) is 7.22. The third-order valence-electron chi connectivity index (χ3n) is 9.32. The Labute approximate surface area is 258 Å². The molecule has 0 bridgehead atoms. The Kier molecular flexibility index (Phi) is 5.00. The van der Waals surface area contributed by atoms with Gasteiger partial charge >= 0.3 is 0 Å². The van der Waals surface area contributed by atoms with Crippen molar-refractivity contribution in [1.29, 1.82) is 0 Å². The number of nitrogens with zero attached hydrogens (tertiary/aromatic N) is 2. The van der Waals surface area contributed by atoms with Crippen LogP contribution in [0.5, 0.6) is 0 Å². The fraction of sp³-hybridized carbons (Fsp3) is 0. The van der Waals surface area contributed by atoms with Gasteiger partial charge in [0, 0.05) is 49.8 Å². The molecule has 0 spiro atoms. The number of para-hydroxylation sites is 3. The zero-order chi connectivity index (χ0) is 29.5. The zero-order valence-electron chi connectivity index (χ0n) is 24.3. The monoisotopic (exact) mass is 574 g/mol.